The summed E-state index contributed by atoms with van der Waals surface area (Å²) in [6.45, 7) is 21.5. The molecular weight excluding hydrogens is 1530 g/mol. The number of allylic oxidation sites excluding steroid dienone is 3. The van der Waals surface area contributed by atoms with Gasteiger partial charge in [-0.05, 0) is 188 Å². The lowest BCUT2D eigenvalue weighted by Gasteiger charge is -2.01. The number of hydrogen-bond donors (Lipinski definition) is 0. The first kappa shape index (κ1) is 93.7. The molecule has 0 radical (unpaired) electrons. The number of carbonyl (C=O) groups excluding carboxylic acids is 3. The van der Waals surface area contributed by atoms with E-state index in [1.54, 1.807) is 61.6 Å². The van der Waals surface area contributed by atoms with Gasteiger partial charge in [0.15, 0.2) is 17.3 Å². The molecule has 620 valence electrons. The van der Waals surface area contributed by atoms with Crippen molar-refractivity contribution in [3.05, 3.63) is 547 Å². The number of halogens is 2. The summed E-state index contributed by atoms with van der Waals surface area (Å²) in [5.41, 5.74) is 23.8. The van der Waals surface area contributed by atoms with Crippen LogP contribution in [0.2, 0.25) is 0 Å². The van der Waals surface area contributed by atoms with Gasteiger partial charge in [-0.25, -0.2) is 8.78 Å². The molecule has 5 heteroatoms. The van der Waals surface area contributed by atoms with Crippen molar-refractivity contribution in [1.82, 2.24) is 0 Å². The summed E-state index contributed by atoms with van der Waals surface area (Å²) >= 11 is 0. The van der Waals surface area contributed by atoms with E-state index in [0.29, 0.717) is 11.1 Å². The highest BCUT2D eigenvalue weighted by Crippen LogP contribution is 2.23. The Bertz CT molecular complexity index is 6260. The number of rotatable bonds is 17. The Morgan fingerprint density at radius 3 is 0.912 bits per heavy atom. The first-order valence-electron chi connectivity index (χ1n) is 41.7. The van der Waals surface area contributed by atoms with E-state index in [1.807, 2.05) is 277 Å². The lowest BCUT2D eigenvalue weighted by Crippen LogP contribution is -1.93. The minimum absolute atomic E-state index is 0.0335. The second-order valence-electron chi connectivity index (χ2n) is 30.2. The summed E-state index contributed by atoms with van der Waals surface area (Å²) in [6.07, 6.45) is 28.2. The van der Waals surface area contributed by atoms with Crippen molar-refractivity contribution < 1.29 is 23.2 Å². The van der Waals surface area contributed by atoms with Crippen LogP contribution in [0.25, 0.3) is 94.5 Å². The summed E-state index contributed by atoms with van der Waals surface area (Å²) < 4.78 is 26.8. The SMILES string of the molecule is C=Cc1ccc(C)cc1.CC(=O)/C=C/c1ccc(C)cc1.Cc1ccc(/C=C/C(=O)c2ccccc2)cc1.Cc1ccc(/C=C/c2ccc3ccccc3c2)cc1.Cc1ccc(/C=C/c2ccccc2)c(F)c1.Cc1ccc(/C=C/c2ccccc2F)cc1.Cc1ccc(C(=O)/C=C/c2ccccc2)cc1.Cc1ccc2cc(/C=C/c3ccccc3)ccc2c1. The molecule has 0 aliphatic heterocycles. The zero-order valence-corrected chi connectivity index (χ0v) is 72.8. The molecule has 0 aliphatic rings. The van der Waals surface area contributed by atoms with E-state index in [2.05, 4.69) is 203 Å². The summed E-state index contributed by atoms with van der Waals surface area (Å²) in [6, 6.07) is 128. The number of benzene rings is 16. The summed E-state index contributed by atoms with van der Waals surface area (Å²) in [5.74, 6) is -0.214. The van der Waals surface area contributed by atoms with Gasteiger partial charge in [-0.2, -0.15) is 0 Å². The van der Waals surface area contributed by atoms with Gasteiger partial charge in [0.2, 0.25) is 0 Å². The number of fused-ring (bicyclic) bond motifs is 2. The maximum Gasteiger partial charge on any atom is 0.185 e. The van der Waals surface area contributed by atoms with E-state index in [-0.39, 0.29) is 29.0 Å². The fraction of sp³-hybridized carbons (Fsp3) is 0.0750. The molecule has 16 aromatic carbocycles. The van der Waals surface area contributed by atoms with Crippen LogP contribution in [-0.2, 0) is 4.79 Å². The lowest BCUT2D eigenvalue weighted by atomic mass is 10.0. The van der Waals surface area contributed by atoms with Gasteiger partial charge in [0, 0.05) is 22.3 Å². The van der Waals surface area contributed by atoms with E-state index in [9.17, 15) is 23.2 Å². The normalized spacial score (nSPS) is 10.7. The first-order chi connectivity index (χ1) is 60.6. The van der Waals surface area contributed by atoms with Crippen LogP contribution in [0.3, 0.4) is 0 Å². The molecule has 0 fully saturated rings. The van der Waals surface area contributed by atoms with Crippen LogP contribution in [0.4, 0.5) is 8.78 Å². The fourth-order valence-corrected chi connectivity index (χ4v) is 12.1. The van der Waals surface area contributed by atoms with Crippen LogP contribution in [0, 0.1) is 67.0 Å². The van der Waals surface area contributed by atoms with Crippen molar-refractivity contribution in [3.8, 4) is 0 Å². The molecule has 0 spiro atoms. The Hall–Kier alpha value is -15.2. The Balaban J connectivity index is 0.000000163. The third-order valence-electron chi connectivity index (χ3n) is 19.5. The standard InChI is InChI=1S/2C19H16.2C16H14O.2C15H13F.C11H12O.C9H10/c1-15-6-8-16(9-7-15)10-11-17-12-13-18-4-2-3-5-19(18)14-17;1-15-7-11-19-14-17(10-12-18(19)13-15)9-8-16-5-3-2-4-6-16;1-13-7-10-15(11-8-13)16(17)12-9-14-5-3-2-4-6-14;1-13-7-9-14(10-8-13)11-12-16(17)15-5-3-2-4-6-15;1-12-6-8-13(9-7-12)10-11-14-4-2-3-5-15(14)16;1-12-7-9-14(15(16)11-12)10-8-13-5-3-2-4-6-13;1-9-3-6-11(7-4-9)8-5-10(2)12;1-3-9-6-4-8(2)5-7-9/h2*2-14H,1H3;2*2-12H,1H3;2*2-11H,1H3;3-8H,1-2H3;3-7H,1H2,2H3/b11-10+;9-8+;12-9+;12-11+;11-10+;10-8+;8-5+;. The average molecular weight is 1640 g/mol. The van der Waals surface area contributed by atoms with E-state index in [0.717, 1.165) is 50.1 Å². The van der Waals surface area contributed by atoms with Crippen molar-refractivity contribution >= 4 is 112 Å². The van der Waals surface area contributed by atoms with Gasteiger partial charge in [-0.1, -0.05) is 482 Å². The fourth-order valence-electron chi connectivity index (χ4n) is 12.1. The van der Waals surface area contributed by atoms with Gasteiger partial charge in [0.1, 0.15) is 11.6 Å². The maximum atomic E-state index is 13.5. The third kappa shape index (κ3) is 35.2. The van der Waals surface area contributed by atoms with Gasteiger partial charge in [-0.3, -0.25) is 14.4 Å². The predicted octanol–water partition coefficient (Wildman–Crippen LogP) is 32.3. The van der Waals surface area contributed by atoms with Crippen LogP contribution in [0.15, 0.2) is 413 Å². The van der Waals surface area contributed by atoms with Crippen molar-refractivity contribution in [2.45, 2.75) is 62.3 Å². The van der Waals surface area contributed by atoms with Gasteiger partial charge in [0.25, 0.3) is 0 Å². The molecule has 0 heterocycles. The Morgan fingerprint density at radius 2 is 0.488 bits per heavy atom. The second kappa shape index (κ2) is 51.4. The van der Waals surface area contributed by atoms with E-state index >= 15 is 0 Å². The smallest absolute Gasteiger partial charge is 0.185 e. The quantitative estimate of drug-likeness (QED) is 0.0519. The van der Waals surface area contributed by atoms with Gasteiger partial charge < -0.3 is 0 Å². The Labute approximate surface area is 739 Å². The molecule has 0 aliphatic carbocycles. The zero-order chi connectivity index (χ0) is 88.8. The number of ketones is 3. The van der Waals surface area contributed by atoms with Crippen molar-refractivity contribution in [2.75, 3.05) is 0 Å². The summed E-state index contributed by atoms with van der Waals surface area (Å²) in [5, 5.41) is 5.17. The van der Waals surface area contributed by atoms with Crippen molar-refractivity contribution in [2.24, 2.45) is 0 Å². The van der Waals surface area contributed by atoms with Gasteiger partial charge in [0.05, 0.1) is 0 Å². The van der Waals surface area contributed by atoms with Crippen LogP contribution in [-0.4, -0.2) is 17.3 Å². The Kier molecular flexibility index (Phi) is 38.6. The maximum absolute atomic E-state index is 13.5. The summed E-state index contributed by atoms with van der Waals surface area (Å²) in [7, 11) is 0. The molecule has 0 amide bonds. The average Bonchev–Trinajstić information content (AvgIpc) is 0.834. The zero-order valence-electron chi connectivity index (χ0n) is 72.8. The number of carbonyl (C=O) groups is 3. The molecule has 0 aromatic heterocycles. The topological polar surface area (TPSA) is 51.2 Å². The van der Waals surface area contributed by atoms with E-state index < -0.39 is 0 Å². The molecule has 0 unspecified atom stereocenters. The summed E-state index contributed by atoms with van der Waals surface area (Å²) in [4.78, 5) is 34.2. The highest BCUT2D eigenvalue weighted by Gasteiger charge is 2.04. The van der Waals surface area contributed by atoms with Crippen LogP contribution in [0.5, 0.6) is 0 Å². The van der Waals surface area contributed by atoms with Crippen molar-refractivity contribution in [3.63, 3.8) is 0 Å². The largest absolute Gasteiger partial charge is 0.295 e. The molecule has 0 saturated heterocycles. The van der Waals surface area contributed by atoms with E-state index in [4.69, 9.17) is 0 Å². The molecule has 16 rings (SSSR count). The van der Waals surface area contributed by atoms with E-state index in [1.165, 1.54) is 88.8 Å². The number of hydrogen-bond acceptors (Lipinski definition) is 3. The second-order valence-corrected chi connectivity index (χ2v) is 30.2. The minimum atomic E-state index is -0.189. The number of aryl methyl sites for hydroxylation is 8. The molecule has 16 aromatic rings. The molecule has 0 atom stereocenters. The van der Waals surface area contributed by atoms with Gasteiger partial charge in [-0.15, -0.1) is 0 Å². The molecule has 0 bridgehead atoms. The lowest BCUT2D eigenvalue weighted by molar-refractivity contribution is -0.112. The predicted molar refractivity (Wildman–Crippen MR) is 535 cm³/mol. The monoisotopic (exact) mass is 1630 g/mol. The Morgan fingerprint density at radius 1 is 0.216 bits per heavy atom. The molecule has 0 saturated carbocycles. The highest BCUT2D eigenvalue weighted by atomic mass is 19.1. The van der Waals surface area contributed by atoms with Crippen LogP contribution in [0.1, 0.15) is 139 Å². The van der Waals surface area contributed by atoms with Crippen LogP contribution < -0.4 is 0 Å². The molecular formula is C120H108F2O3. The van der Waals surface area contributed by atoms with Crippen molar-refractivity contribution in [1.29, 1.82) is 0 Å². The molecule has 125 heavy (non-hydrogen) atoms. The minimum Gasteiger partial charge on any atom is -0.295 e. The molecule has 0 N–H and O–H groups in total. The third-order valence-corrected chi connectivity index (χ3v) is 19.5. The highest BCUT2D eigenvalue weighted by molar-refractivity contribution is 6.07. The van der Waals surface area contributed by atoms with Gasteiger partial charge >= 0.3 is 0 Å². The molecule has 3 nitrogen and oxygen atoms in total. The van der Waals surface area contributed by atoms with Crippen LogP contribution >= 0.6 is 0 Å². The first-order valence-corrected chi connectivity index (χ1v) is 41.7.